The molecule has 7 heteroatoms. The first-order chi connectivity index (χ1) is 15.1. The lowest BCUT2D eigenvalue weighted by molar-refractivity contribution is -0.191. The minimum Gasteiger partial charge on any atom is -0.493 e. The molecule has 1 aromatic carbocycles. The summed E-state index contributed by atoms with van der Waals surface area (Å²) < 4.78 is 6.01. The van der Waals surface area contributed by atoms with Crippen molar-refractivity contribution in [2.75, 3.05) is 6.61 Å². The van der Waals surface area contributed by atoms with Crippen LogP contribution in [0.25, 0.3) is 0 Å². The molecule has 2 aliphatic carbocycles. The molecule has 1 unspecified atom stereocenters. The summed E-state index contributed by atoms with van der Waals surface area (Å²) in [5.74, 6) is 1.06. The van der Waals surface area contributed by atoms with E-state index in [9.17, 15) is 4.79 Å². The van der Waals surface area contributed by atoms with Gasteiger partial charge in [-0.05, 0) is 72.7 Å². The number of hydrogen-bond donors (Lipinski definition) is 1. The van der Waals surface area contributed by atoms with Crippen LogP contribution in [0.5, 0.6) is 5.75 Å². The van der Waals surface area contributed by atoms with Gasteiger partial charge in [0.15, 0.2) is 5.76 Å². The standard InChI is InChI=1S/C24H25NO5S/c1-15-22(25-14-31(15)20-6-4-18-13-29-30-23(18)12-20)8-9-28-19-5-7-21-16(10-19)2-3-17(21)11-24(26)27/h5,7,10,12-14,17H,2-4,6,8-9,11H2,1H3,(H,26,27)/t17-,31?/m0/s1. The summed E-state index contributed by atoms with van der Waals surface area (Å²) in [6.45, 7) is 2.73. The second-order valence-electron chi connectivity index (χ2n) is 8.17. The molecule has 2 atom stereocenters. The second-order valence-corrected chi connectivity index (χ2v) is 10.2. The molecule has 2 heterocycles. The Morgan fingerprint density at radius 1 is 1.32 bits per heavy atom. The monoisotopic (exact) mass is 439 g/mol. The first-order valence-electron chi connectivity index (χ1n) is 10.6. The number of aliphatic carboxylic acids is 1. The summed E-state index contributed by atoms with van der Waals surface area (Å²) in [4.78, 5) is 28.5. The molecule has 0 saturated heterocycles. The van der Waals surface area contributed by atoms with Gasteiger partial charge in [0.1, 0.15) is 12.0 Å². The van der Waals surface area contributed by atoms with Gasteiger partial charge >= 0.3 is 5.97 Å². The molecule has 0 spiro atoms. The number of nitrogens with zero attached hydrogens (tertiary/aromatic N) is 1. The predicted molar refractivity (Wildman–Crippen MR) is 121 cm³/mol. The van der Waals surface area contributed by atoms with E-state index in [-0.39, 0.29) is 22.8 Å². The first-order valence-corrected chi connectivity index (χ1v) is 11.9. The molecule has 0 saturated carbocycles. The molecule has 0 aromatic heterocycles. The third-order valence-electron chi connectivity index (χ3n) is 6.26. The van der Waals surface area contributed by atoms with Crippen molar-refractivity contribution in [1.29, 1.82) is 0 Å². The number of benzene rings is 1. The van der Waals surface area contributed by atoms with E-state index < -0.39 is 5.97 Å². The van der Waals surface area contributed by atoms with E-state index in [2.05, 4.69) is 29.6 Å². The lowest BCUT2D eigenvalue weighted by atomic mass is 9.98. The number of carboxylic acid groups (broad SMARTS) is 1. The Hall–Kier alpha value is -2.80. The number of carbonyl (C=O) groups is 1. The Bertz CT molecular complexity index is 1100. The Morgan fingerprint density at radius 2 is 2.23 bits per heavy atom. The summed E-state index contributed by atoms with van der Waals surface area (Å²) in [6.07, 6.45) is 8.51. The average Bonchev–Trinajstić information content (AvgIpc) is 3.47. The smallest absolute Gasteiger partial charge is 0.303 e. The zero-order valence-electron chi connectivity index (χ0n) is 17.4. The van der Waals surface area contributed by atoms with Gasteiger partial charge in [-0.3, -0.25) is 19.6 Å². The summed E-state index contributed by atoms with van der Waals surface area (Å²) in [5.41, 5.74) is 6.66. The fourth-order valence-corrected chi connectivity index (χ4v) is 6.46. The fourth-order valence-electron chi connectivity index (χ4n) is 4.57. The first kappa shape index (κ1) is 20.1. The maximum Gasteiger partial charge on any atom is 0.303 e. The molecule has 5 rings (SSSR count). The van der Waals surface area contributed by atoms with E-state index in [0.717, 1.165) is 60.4 Å². The van der Waals surface area contributed by atoms with Gasteiger partial charge in [-0.15, -0.1) is 10.5 Å². The SMILES string of the molecule is CC1=C(CCOc2ccc3c(c2)CC[C@H]3CC(=O)O)N=CS1=C1C=C2OOC=C2CC1. The van der Waals surface area contributed by atoms with E-state index in [1.54, 1.807) is 6.26 Å². The van der Waals surface area contributed by atoms with Crippen molar-refractivity contribution < 1.29 is 24.4 Å². The third kappa shape index (κ3) is 4.06. The Balaban J connectivity index is 1.22. The van der Waals surface area contributed by atoms with Crippen molar-refractivity contribution >= 4 is 26.9 Å². The third-order valence-corrected chi connectivity index (χ3v) is 8.35. The normalized spacial score (nSPS) is 24.9. The molecule has 162 valence electrons. The number of allylic oxidation sites excluding steroid dienone is 3. The average molecular weight is 440 g/mol. The van der Waals surface area contributed by atoms with E-state index in [1.165, 1.54) is 15.3 Å². The van der Waals surface area contributed by atoms with E-state index >= 15 is 0 Å². The lowest BCUT2D eigenvalue weighted by Crippen LogP contribution is -2.05. The molecule has 31 heavy (non-hydrogen) atoms. The highest BCUT2D eigenvalue weighted by Crippen LogP contribution is 2.40. The van der Waals surface area contributed by atoms with Gasteiger partial charge < -0.3 is 9.84 Å². The topological polar surface area (TPSA) is 77.4 Å². The van der Waals surface area contributed by atoms with Crippen LogP contribution >= 0.6 is 10.5 Å². The highest BCUT2D eigenvalue weighted by Gasteiger charge is 2.26. The molecule has 0 radical (unpaired) electrons. The van der Waals surface area contributed by atoms with Crippen LogP contribution in [0.2, 0.25) is 0 Å². The van der Waals surface area contributed by atoms with Crippen LogP contribution in [0.4, 0.5) is 0 Å². The number of hydrogen-bond acceptors (Lipinski definition) is 5. The Labute approximate surface area is 183 Å². The zero-order valence-corrected chi connectivity index (χ0v) is 18.2. The Morgan fingerprint density at radius 3 is 3.10 bits per heavy atom. The number of rotatable bonds is 6. The number of carboxylic acids is 1. The van der Waals surface area contributed by atoms with E-state index in [0.29, 0.717) is 6.61 Å². The van der Waals surface area contributed by atoms with Gasteiger partial charge in [0.25, 0.3) is 0 Å². The molecule has 1 N–H and O–H groups in total. The van der Waals surface area contributed by atoms with Crippen molar-refractivity contribution in [3.63, 3.8) is 0 Å². The largest absolute Gasteiger partial charge is 0.493 e. The van der Waals surface area contributed by atoms with Crippen LogP contribution < -0.4 is 4.74 Å². The molecular weight excluding hydrogens is 414 g/mol. The van der Waals surface area contributed by atoms with Gasteiger partial charge in [-0.25, -0.2) is 0 Å². The molecule has 4 aliphatic rings. The Kier molecular flexibility index (Phi) is 5.44. The maximum atomic E-state index is 11.0. The van der Waals surface area contributed by atoms with Crippen LogP contribution in [0.1, 0.15) is 56.1 Å². The summed E-state index contributed by atoms with van der Waals surface area (Å²) in [5, 5.41) is 9.08. The minimum atomic E-state index is -0.735. The number of aryl methyl sites for hydroxylation is 1. The second kappa shape index (κ2) is 8.38. The molecule has 0 fully saturated rings. The van der Waals surface area contributed by atoms with E-state index in [4.69, 9.17) is 19.6 Å². The maximum absolute atomic E-state index is 11.0. The minimum absolute atomic E-state index is 0.0930. The van der Waals surface area contributed by atoms with Crippen molar-refractivity contribution in [1.82, 2.24) is 0 Å². The molecule has 0 bridgehead atoms. The zero-order chi connectivity index (χ0) is 21.4. The van der Waals surface area contributed by atoms with Crippen LogP contribution in [-0.4, -0.2) is 28.1 Å². The van der Waals surface area contributed by atoms with Crippen molar-refractivity contribution in [3.8, 4) is 5.75 Å². The molecule has 1 aromatic rings. The number of fused-ring (bicyclic) bond motifs is 2. The van der Waals surface area contributed by atoms with Crippen molar-refractivity contribution in [3.05, 3.63) is 63.6 Å². The fraction of sp³-hybridized carbons (Fsp3) is 0.375. The van der Waals surface area contributed by atoms with Crippen LogP contribution in [0.15, 0.2) is 57.5 Å². The van der Waals surface area contributed by atoms with Crippen LogP contribution in [0.3, 0.4) is 0 Å². The quantitative estimate of drug-likeness (QED) is 0.487. The highest BCUT2D eigenvalue weighted by molar-refractivity contribution is 8.30. The van der Waals surface area contributed by atoms with Crippen LogP contribution in [0, 0.1) is 0 Å². The number of ether oxygens (including phenoxy) is 1. The predicted octanol–water partition coefficient (Wildman–Crippen LogP) is 5.20. The lowest BCUT2D eigenvalue weighted by Gasteiger charge is -2.14. The molecule has 6 nitrogen and oxygen atoms in total. The van der Waals surface area contributed by atoms with Crippen LogP contribution in [-0.2, 0) is 21.0 Å². The van der Waals surface area contributed by atoms with E-state index in [1.807, 2.05) is 12.1 Å². The van der Waals surface area contributed by atoms with Gasteiger partial charge in [-0.1, -0.05) is 6.07 Å². The van der Waals surface area contributed by atoms with Crippen molar-refractivity contribution in [2.45, 2.75) is 51.4 Å². The molecule has 2 aliphatic heterocycles. The van der Waals surface area contributed by atoms with Crippen molar-refractivity contribution in [2.24, 2.45) is 4.99 Å². The van der Waals surface area contributed by atoms with Gasteiger partial charge in [0.2, 0.25) is 0 Å². The summed E-state index contributed by atoms with van der Waals surface area (Å²) in [6, 6.07) is 6.06. The molecule has 0 amide bonds. The van der Waals surface area contributed by atoms with Gasteiger partial charge in [0.05, 0.1) is 24.3 Å². The van der Waals surface area contributed by atoms with Gasteiger partial charge in [0, 0.05) is 16.9 Å². The number of aliphatic imine (C=N–C) groups is 1. The summed E-state index contributed by atoms with van der Waals surface area (Å²) in [7, 11) is -0.0930. The highest BCUT2D eigenvalue weighted by atomic mass is 32.2. The summed E-state index contributed by atoms with van der Waals surface area (Å²) >= 11 is 0. The molecular formula is C24H25NO5S. The van der Waals surface area contributed by atoms with Gasteiger partial charge in [-0.2, -0.15) is 0 Å².